The van der Waals surface area contributed by atoms with E-state index in [2.05, 4.69) is 36.6 Å². The minimum atomic E-state index is -0.155. The molecule has 2 amide bonds. The lowest BCUT2D eigenvalue weighted by Crippen LogP contribution is -2.43. The molecule has 0 bridgehead atoms. The van der Waals surface area contributed by atoms with Gasteiger partial charge in [0.25, 0.3) is 0 Å². The minimum absolute atomic E-state index is 0.0386. The van der Waals surface area contributed by atoms with Gasteiger partial charge in [0.1, 0.15) is 5.75 Å². The number of benzene rings is 2. The highest BCUT2D eigenvalue weighted by molar-refractivity contribution is 5.93. The van der Waals surface area contributed by atoms with Gasteiger partial charge >= 0.3 is 0 Å². The van der Waals surface area contributed by atoms with Crippen molar-refractivity contribution in [1.82, 2.24) is 5.32 Å². The van der Waals surface area contributed by atoms with Crippen molar-refractivity contribution >= 4 is 17.5 Å². The Kier molecular flexibility index (Phi) is 8.51. The second kappa shape index (κ2) is 11.5. The molecular formula is C26H34N2O3. The zero-order valence-electron chi connectivity index (χ0n) is 18.6. The Labute approximate surface area is 185 Å². The summed E-state index contributed by atoms with van der Waals surface area (Å²) in [6.07, 6.45) is 4.65. The van der Waals surface area contributed by atoms with Crippen molar-refractivity contribution in [1.29, 1.82) is 0 Å². The van der Waals surface area contributed by atoms with Crippen LogP contribution in [0.2, 0.25) is 0 Å². The topological polar surface area (TPSA) is 67.4 Å². The standard InChI is InChI=1S/C26H34N2O3/c1-19-7-6-10-24(20(19)2)28-26(30)16-15-25(29)27-22-11-13-23(14-12-22)31-18-17-21-8-4-3-5-9-21/h3-5,8-9,11-14,19-20,24H,6-7,10,15-18H2,1-2H3,(H,27,29)(H,28,30)/t19-,20+,24-/m1/s1. The lowest BCUT2D eigenvalue weighted by atomic mass is 9.78. The van der Waals surface area contributed by atoms with Crippen molar-refractivity contribution in [2.75, 3.05) is 11.9 Å². The third-order valence-corrected chi connectivity index (χ3v) is 6.27. The average molecular weight is 423 g/mol. The molecule has 0 aliphatic heterocycles. The summed E-state index contributed by atoms with van der Waals surface area (Å²) in [6, 6.07) is 17.8. The fourth-order valence-electron chi connectivity index (χ4n) is 4.08. The van der Waals surface area contributed by atoms with Gasteiger partial charge in [0.15, 0.2) is 0 Å². The Balaban J connectivity index is 1.35. The summed E-state index contributed by atoms with van der Waals surface area (Å²) in [7, 11) is 0. The van der Waals surface area contributed by atoms with E-state index in [1.807, 2.05) is 42.5 Å². The first-order valence-electron chi connectivity index (χ1n) is 11.4. The monoisotopic (exact) mass is 422 g/mol. The molecule has 31 heavy (non-hydrogen) atoms. The molecule has 2 N–H and O–H groups in total. The maximum absolute atomic E-state index is 12.3. The largest absolute Gasteiger partial charge is 0.493 e. The summed E-state index contributed by atoms with van der Waals surface area (Å²) in [5, 5.41) is 5.97. The van der Waals surface area contributed by atoms with E-state index in [-0.39, 0.29) is 30.7 Å². The molecule has 2 aromatic carbocycles. The Bertz CT molecular complexity index is 835. The Morgan fingerprint density at radius 1 is 0.935 bits per heavy atom. The molecule has 0 saturated heterocycles. The second-order valence-corrected chi connectivity index (χ2v) is 8.60. The molecule has 166 valence electrons. The van der Waals surface area contributed by atoms with Gasteiger partial charge in [0, 0.05) is 31.0 Å². The second-order valence-electron chi connectivity index (χ2n) is 8.60. The first-order valence-corrected chi connectivity index (χ1v) is 11.4. The lowest BCUT2D eigenvalue weighted by Gasteiger charge is -2.34. The predicted molar refractivity (Wildman–Crippen MR) is 124 cm³/mol. The van der Waals surface area contributed by atoms with Crippen molar-refractivity contribution in [3.63, 3.8) is 0 Å². The van der Waals surface area contributed by atoms with Crippen LogP contribution in [0.1, 0.15) is 51.5 Å². The molecule has 1 fully saturated rings. The van der Waals surface area contributed by atoms with Crippen LogP contribution in [0.25, 0.3) is 0 Å². The fourth-order valence-corrected chi connectivity index (χ4v) is 4.08. The van der Waals surface area contributed by atoms with Crippen molar-refractivity contribution in [3.8, 4) is 5.75 Å². The molecule has 1 saturated carbocycles. The number of hydrogen-bond donors (Lipinski definition) is 2. The van der Waals surface area contributed by atoms with E-state index in [0.29, 0.717) is 24.1 Å². The van der Waals surface area contributed by atoms with Crippen LogP contribution >= 0.6 is 0 Å². The first-order chi connectivity index (χ1) is 15.0. The van der Waals surface area contributed by atoms with Gasteiger partial charge in [0.2, 0.25) is 11.8 Å². The molecular weight excluding hydrogens is 388 g/mol. The van der Waals surface area contributed by atoms with Gasteiger partial charge in [-0.25, -0.2) is 0 Å². The number of carbonyl (C=O) groups is 2. The van der Waals surface area contributed by atoms with Crippen LogP contribution in [-0.2, 0) is 16.0 Å². The van der Waals surface area contributed by atoms with Crippen molar-refractivity contribution in [3.05, 3.63) is 60.2 Å². The highest BCUT2D eigenvalue weighted by atomic mass is 16.5. The fraction of sp³-hybridized carbons (Fsp3) is 0.462. The molecule has 0 spiro atoms. The number of carbonyl (C=O) groups excluding carboxylic acids is 2. The van der Waals surface area contributed by atoms with Gasteiger partial charge in [0.05, 0.1) is 6.61 Å². The number of amides is 2. The van der Waals surface area contributed by atoms with Crippen molar-refractivity contribution in [2.45, 2.75) is 58.4 Å². The van der Waals surface area contributed by atoms with Crippen LogP contribution < -0.4 is 15.4 Å². The minimum Gasteiger partial charge on any atom is -0.493 e. The predicted octanol–water partition coefficient (Wildman–Crippen LogP) is 4.97. The highest BCUT2D eigenvalue weighted by Crippen LogP contribution is 2.29. The van der Waals surface area contributed by atoms with E-state index < -0.39 is 0 Å². The van der Waals surface area contributed by atoms with Crippen LogP contribution in [0.4, 0.5) is 5.69 Å². The van der Waals surface area contributed by atoms with E-state index in [0.717, 1.165) is 25.0 Å². The van der Waals surface area contributed by atoms with E-state index >= 15 is 0 Å². The zero-order valence-corrected chi connectivity index (χ0v) is 18.6. The number of hydrogen-bond acceptors (Lipinski definition) is 3. The SMILES string of the molecule is C[C@H]1[C@H](C)CCC[C@H]1NC(=O)CCC(=O)Nc1ccc(OCCc2ccccc2)cc1. The maximum atomic E-state index is 12.3. The van der Waals surface area contributed by atoms with Crippen LogP contribution in [-0.4, -0.2) is 24.5 Å². The smallest absolute Gasteiger partial charge is 0.224 e. The molecule has 3 rings (SSSR count). The molecule has 2 aromatic rings. The molecule has 1 aliphatic rings. The first kappa shape index (κ1) is 22.9. The summed E-state index contributed by atoms with van der Waals surface area (Å²) in [5.74, 6) is 1.69. The van der Waals surface area contributed by atoms with Crippen LogP contribution in [0.3, 0.4) is 0 Å². The number of nitrogens with one attached hydrogen (secondary N) is 2. The van der Waals surface area contributed by atoms with Crippen molar-refractivity contribution in [2.24, 2.45) is 11.8 Å². The van der Waals surface area contributed by atoms with Crippen LogP contribution in [0.5, 0.6) is 5.75 Å². The summed E-state index contributed by atoms with van der Waals surface area (Å²) >= 11 is 0. The molecule has 0 heterocycles. The summed E-state index contributed by atoms with van der Waals surface area (Å²) in [5.41, 5.74) is 1.94. The van der Waals surface area contributed by atoms with E-state index in [4.69, 9.17) is 4.74 Å². The van der Waals surface area contributed by atoms with Gasteiger partial charge in [-0.3, -0.25) is 9.59 Å². The van der Waals surface area contributed by atoms with Gasteiger partial charge in [-0.15, -0.1) is 0 Å². The highest BCUT2D eigenvalue weighted by Gasteiger charge is 2.28. The van der Waals surface area contributed by atoms with Crippen LogP contribution in [0, 0.1) is 11.8 Å². The number of ether oxygens (including phenoxy) is 1. The third kappa shape index (κ3) is 7.42. The Hall–Kier alpha value is -2.82. The Morgan fingerprint density at radius 2 is 1.65 bits per heavy atom. The third-order valence-electron chi connectivity index (χ3n) is 6.27. The molecule has 1 aliphatic carbocycles. The molecule has 0 aromatic heterocycles. The van der Waals surface area contributed by atoms with Gasteiger partial charge < -0.3 is 15.4 Å². The zero-order chi connectivity index (χ0) is 22.1. The summed E-state index contributed by atoms with van der Waals surface area (Å²) in [4.78, 5) is 24.5. The lowest BCUT2D eigenvalue weighted by molar-refractivity contribution is -0.125. The molecule has 0 unspecified atom stereocenters. The molecule has 0 radical (unpaired) electrons. The van der Waals surface area contributed by atoms with E-state index in [1.165, 1.54) is 12.0 Å². The van der Waals surface area contributed by atoms with Gasteiger partial charge in [-0.1, -0.05) is 57.0 Å². The number of anilines is 1. The van der Waals surface area contributed by atoms with Crippen molar-refractivity contribution < 1.29 is 14.3 Å². The molecule has 3 atom stereocenters. The molecule has 5 nitrogen and oxygen atoms in total. The van der Waals surface area contributed by atoms with E-state index in [1.54, 1.807) is 0 Å². The maximum Gasteiger partial charge on any atom is 0.224 e. The summed E-state index contributed by atoms with van der Waals surface area (Å²) < 4.78 is 5.77. The van der Waals surface area contributed by atoms with Gasteiger partial charge in [-0.05, 0) is 48.1 Å². The summed E-state index contributed by atoms with van der Waals surface area (Å²) in [6.45, 7) is 5.05. The average Bonchev–Trinajstić information content (AvgIpc) is 2.77. The molecule has 5 heteroatoms. The van der Waals surface area contributed by atoms with E-state index in [9.17, 15) is 9.59 Å². The quantitative estimate of drug-likeness (QED) is 0.600. The normalized spacial score (nSPS) is 20.6. The number of rotatable bonds is 9. The Morgan fingerprint density at radius 3 is 2.39 bits per heavy atom. The van der Waals surface area contributed by atoms with Gasteiger partial charge in [-0.2, -0.15) is 0 Å². The van der Waals surface area contributed by atoms with Crippen LogP contribution in [0.15, 0.2) is 54.6 Å².